The number of anilines is 1. The van der Waals surface area contributed by atoms with E-state index in [1.54, 1.807) is 60.0 Å². The number of nitrogens with zero attached hydrogens (tertiary/aromatic N) is 2. The Kier molecular flexibility index (Phi) is 4.77. The molecule has 0 N–H and O–H groups in total. The lowest BCUT2D eigenvalue weighted by atomic mass is 9.81. The second-order valence-corrected chi connectivity index (χ2v) is 7.71. The number of hydrogen-bond donors (Lipinski definition) is 0. The van der Waals surface area contributed by atoms with Crippen molar-refractivity contribution in [2.45, 2.75) is 5.54 Å². The molecule has 29 heavy (non-hydrogen) atoms. The van der Waals surface area contributed by atoms with Crippen LogP contribution in [0.1, 0.15) is 10.4 Å². The summed E-state index contributed by atoms with van der Waals surface area (Å²) in [5.74, 6) is -1.82. The number of benzene rings is 2. The van der Waals surface area contributed by atoms with Gasteiger partial charge in [0.2, 0.25) is 5.78 Å². The highest BCUT2D eigenvalue weighted by molar-refractivity contribution is 7.11. The maximum Gasteiger partial charge on any atom is 0.385 e. The van der Waals surface area contributed by atoms with Gasteiger partial charge in [-0.1, -0.05) is 48.0 Å². The summed E-state index contributed by atoms with van der Waals surface area (Å²) >= 11 is 7.30. The van der Waals surface area contributed by atoms with Gasteiger partial charge in [-0.15, -0.1) is 11.3 Å². The van der Waals surface area contributed by atoms with Crippen LogP contribution in [-0.2, 0) is 15.1 Å². The van der Waals surface area contributed by atoms with Gasteiger partial charge in [-0.3, -0.25) is 24.6 Å². The lowest BCUT2D eigenvalue weighted by Gasteiger charge is -2.34. The van der Waals surface area contributed by atoms with Crippen molar-refractivity contribution in [1.82, 2.24) is 0 Å². The number of thiophene rings is 1. The summed E-state index contributed by atoms with van der Waals surface area (Å²) < 4.78 is 0. The summed E-state index contributed by atoms with van der Waals surface area (Å²) in [6, 6.07) is 17.5. The fraction of sp³-hybridized carbons (Fsp3) is 0.0476. The molecular weight excluding hydrogens is 412 g/mol. The van der Waals surface area contributed by atoms with Crippen molar-refractivity contribution < 1.29 is 14.5 Å². The Hall–Kier alpha value is -3.29. The molecule has 6 nitrogen and oxygen atoms in total. The van der Waals surface area contributed by atoms with Crippen molar-refractivity contribution in [3.8, 4) is 0 Å². The molecule has 2 heterocycles. The van der Waals surface area contributed by atoms with Gasteiger partial charge >= 0.3 is 11.4 Å². The predicted octanol–water partition coefficient (Wildman–Crippen LogP) is 4.53. The zero-order valence-corrected chi connectivity index (χ0v) is 16.4. The van der Waals surface area contributed by atoms with E-state index in [0.717, 1.165) is 0 Å². The summed E-state index contributed by atoms with van der Waals surface area (Å²) in [5.41, 5.74) is -1.86. The van der Waals surface area contributed by atoms with E-state index in [4.69, 9.17) is 11.6 Å². The fourth-order valence-electron chi connectivity index (χ4n) is 3.34. The van der Waals surface area contributed by atoms with Crippen molar-refractivity contribution in [1.29, 1.82) is 0 Å². The minimum Gasteiger partial charge on any atom is -0.286 e. The molecule has 0 saturated carbocycles. The molecule has 8 heteroatoms. The molecule has 1 aromatic heterocycles. The SMILES string of the molecule is O=C1C=C(c2cccs2)N(c2ccc(Cl)cc2)C(=O)C1(c1ccccc1)[N+](=O)[O-]. The van der Waals surface area contributed by atoms with E-state index in [1.807, 2.05) is 0 Å². The topological polar surface area (TPSA) is 80.5 Å². The molecule has 1 aliphatic heterocycles. The Morgan fingerprint density at radius 2 is 1.66 bits per heavy atom. The second-order valence-electron chi connectivity index (χ2n) is 6.32. The van der Waals surface area contributed by atoms with E-state index in [-0.39, 0.29) is 5.56 Å². The largest absolute Gasteiger partial charge is 0.385 e. The molecule has 0 saturated heterocycles. The van der Waals surface area contributed by atoms with Gasteiger partial charge in [0.05, 0.1) is 10.6 Å². The molecule has 0 aliphatic carbocycles. The van der Waals surface area contributed by atoms with E-state index in [2.05, 4.69) is 0 Å². The molecule has 0 radical (unpaired) electrons. The zero-order valence-electron chi connectivity index (χ0n) is 14.8. The van der Waals surface area contributed by atoms with Crippen LogP contribution in [0.5, 0.6) is 0 Å². The monoisotopic (exact) mass is 424 g/mol. The van der Waals surface area contributed by atoms with Crippen LogP contribution in [0, 0.1) is 10.1 Å². The Morgan fingerprint density at radius 1 is 0.966 bits per heavy atom. The average molecular weight is 425 g/mol. The molecule has 0 bridgehead atoms. The first-order chi connectivity index (χ1) is 14.0. The van der Waals surface area contributed by atoms with Gasteiger partial charge in [0.15, 0.2) is 0 Å². The minimum atomic E-state index is -2.55. The summed E-state index contributed by atoms with van der Waals surface area (Å²) in [4.78, 5) is 40.1. The molecule has 2 aromatic carbocycles. The van der Waals surface area contributed by atoms with Crippen LogP contribution in [0.25, 0.3) is 5.70 Å². The molecule has 1 atom stereocenters. The number of nitro groups is 1. The van der Waals surface area contributed by atoms with Crippen LogP contribution in [0.15, 0.2) is 78.2 Å². The van der Waals surface area contributed by atoms with Gasteiger partial charge in [-0.05, 0) is 35.7 Å². The molecular formula is C21H13ClN2O4S. The van der Waals surface area contributed by atoms with Crippen LogP contribution in [0.3, 0.4) is 0 Å². The number of ketones is 1. The normalized spacial score (nSPS) is 19.2. The highest BCUT2D eigenvalue weighted by Crippen LogP contribution is 2.41. The van der Waals surface area contributed by atoms with E-state index in [1.165, 1.54) is 34.4 Å². The van der Waals surface area contributed by atoms with E-state index < -0.39 is 22.2 Å². The van der Waals surface area contributed by atoms with Crippen LogP contribution in [0.4, 0.5) is 5.69 Å². The average Bonchev–Trinajstić information content (AvgIpc) is 3.24. The summed E-state index contributed by atoms with van der Waals surface area (Å²) in [7, 11) is 0. The Bertz CT molecular complexity index is 1130. The number of halogens is 1. The number of amides is 1. The molecule has 0 fully saturated rings. The maximum atomic E-state index is 13.7. The number of hydrogen-bond acceptors (Lipinski definition) is 5. The third-order valence-electron chi connectivity index (χ3n) is 4.70. The first-order valence-corrected chi connectivity index (χ1v) is 9.82. The molecule has 1 aliphatic rings. The van der Waals surface area contributed by atoms with Crippen molar-refractivity contribution in [2.75, 3.05) is 4.90 Å². The summed E-state index contributed by atoms with van der Waals surface area (Å²) in [5, 5.41) is 14.5. The second kappa shape index (κ2) is 7.27. The summed E-state index contributed by atoms with van der Waals surface area (Å²) in [6.07, 6.45) is 1.18. The highest BCUT2D eigenvalue weighted by atomic mass is 35.5. The fourth-order valence-corrected chi connectivity index (χ4v) is 4.20. The van der Waals surface area contributed by atoms with Gasteiger partial charge in [0.25, 0.3) is 0 Å². The van der Waals surface area contributed by atoms with Crippen LogP contribution in [0.2, 0.25) is 5.02 Å². The van der Waals surface area contributed by atoms with Crippen LogP contribution >= 0.6 is 22.9 Å². The van der Waals surface area contributed by atoms with E-state index >= 15 is 0 Å². The van der Waals surface area contributed by atoms with Gasteiger partial charge in [0.1, 0.15) is 0 Å². The van der Waals surface area contributed by atoms with Gasteiger partial charge in [-0.25, -0.2) is 0 Å². The third-order valence-corrected chi connectivity index (χ3v) is 5.85. The van der Waals surface area contributed by atoms with E-state index in [0.29, 0.717) is 21.3 Å². The smallest absolute Gasteiger partial charge is 0.286 e. The van der Waals surface area contributed by atoms with Gasteiger partial charge in [-0.2, -0.15) is 0 Å². The van der Waals surface area contributed by atoms with Crippen LogP contribution < -0.4 is 4.90 Å². The highest BCUT2D eigenvalue weighted by Gasteiger charge is 2.63. The molecule has 144 valence electrons. The first kappa shape index (κ1) is 19.0. The lowest BCUT2D eigenvalue weighted by molar-refractivity contribution is -0.542. The maximum absolute atomic E-state index is 13.7. The standard InChI is InChI=1S/C21H13ClN2O4S/c22-15-8-10-16(11-9-15)23-17(18-7-4-12-29-18)13-19(25)21(20(23)26,24(27)28)14-5-2-1-3-6-14/h1-13H. The Morgan fingerprint density at radius 3 is 2.24 bits per heavy atom. The van der Waals surface area contributed by atoms with Crippen molar-refractivity contribution in [2.24, 2.45) is 0 Å². The Labute approximate surface area is 174 Å². The summed E-state index contributed by atoms with van der Waals surface area (Å²) in [6.45, 7) is 0. The molecule has 3 aromatic rings. The lowest BCUT2D eigenvalue weighted by Crippen LogP contribution is -2.58. The third kappa shape index (κ3) is 2.95. The van der Waals surface area contributed by atoms with Gasteiger partial charge in [0, 0.05) is 27.3 Å². The zero-order chi connectivity index (χ0) is 20.6. The first-order valence-electron chi connectivity index (χ1n) is 8.56. The van der Waals surface area contributed by atoms with Crippen molar-refractivity contribution in [3.63, 3.8) is 0 Å². The van der Waals surface area contributed by atoms with Crippen LogP contribution in [-0.4, -0.2) is 16.6 Å². The number of rotatable bonds is 4. The molecule has 1 unspecified atom stereocenters. The van der Waals surface area contributed by atoms with Crippen molar-refractivity contribution >= 4 is 46.0 Å². The molecule has 0 spiro atoms. The predicted molar refractivity (Wildman–Crippen MR) is 111 cm³/mol. The minimum absolute atomic E-state index is 0.0143. The molecule has 4 rings (SSSR count). The van der Waals surface area contributed by atoms with Crippen molar-refractivity contribution in [3.05, 3.63) is 104 Å². The number of carbonyl (C=O) groups is 2. The Balaban J connectivity index is 2.00. The molecule has 1 amide bonds. The number of carbonyl (C=O) groups excluding carboxylic acids is 2. The quantitative estimate of drug-likeness (QED) is 0.350. The van der Waals surface area contributed by atoms with Gasteiger partial charge < -0.3 is 0 Å². The van der Waals surface area contributed by atoms with E-state index in [9.17, 15) is 19.7 Å².